The van der Waals surface area contributed by atoms with Gasteiger partial charge in [0.15, 0.2) is 5.96 Å². The average Bonchev–Trinajstić information content (AvgIpc) is 3.35. The molecule has 1 unspecified atom stereocenters. The van der Waals surface area contributed by atoms with Gasteiger partial charge in [-0.2, -0.15) is 0 Å². The van der Waals surface area contributed by atoms with E-state index in [0.717, 1.165) is 37.3 Å². The number of rotatable bonds is 9. The van der Waals surface area contributed by atoms with E-state index in [4.69, 9.17) is 4.74 Å². The van der Waals surface area contributed by atoms with Gasteiger partial charge in [0.05, 0.1) is 6.61 Å². The zero-order chi connectivity index (χ0) is 18.2. The van der Waals surface area contributed by atoms with Gasteiger partial charge in [-0.25, -0.2) is 0 Å². The molecule has 1 saturated carbocycles. The molecule has 1 aromatic rings. The summed E-state index contributed by atoms with van der Waals surface area (Å²) in [5.74, 6) is 2.62. The van der Waals surface area contributed by atoms with Gasteiger partial charge >= 0.3 is 0 Å². The lowest BCUT2D eigenvalue weighted by Gasteiger charge is -2.27. The molecule has 6 heteroatoms. The summed E-state index contributed by atoms with van der Waals surface area (Å²) in [6.07, 6.45) is 6.46. The molecule has 0 radical (unpaired) electrons. The zero-order valence-corrected chi connectivity index (χ0v) is 19.1. The minimum absolute atomic E-state index is 0. The summed E-state index contributed by atoms with van der Waals surface area (Å²) >= 11 is 0. The molecule has 1 heterocycles. The van der Waals surface area contributed by atoms with Crippen LogP contribution in [0.15, 0.2) is 29.3 Å². The van der Waals surface area contributed by atoms with Gasteiger partial charge in [0.1, 0.15) is 5.75 Å². The number of ether oxygens (including phenoxy) is 1. The van der Waals surface area contributed by atoms with Gasteiger partial charge < -0.3 is 15.4 Å². The number of benzene rings is 1. The van der Waals surface area contributed by atoms with Crippen molar-refractivity contribution in [1.82, 2.24) is 15.5 Å². The zero-order valence-electron chi connectivity index (χ0n) is 16.7. The molecular weight excluding hydrogens is 451 g/mol. The van der Waals surface area contributed by atoms with E-state index in [1.165, 1.54) is 50.8 Å². The van der Waals surface area contributed by atoms with Crippen molar-refractivity contribution in [3.63, 3.8) is 0 Å². The molecule has 5 nitrogen and oxygen atoms in total. The molecule has 3 rings (SSSR count). The molecule has 1 saturated heterocycles. The van der Waals surface area contributed by atoms with Crippen molar-refractivity contribution in [3.05, 3.63) is 29.8 Å². The van der Waals surface area contributed by atoms with E-state index in [-0.39, 0.29) is 24.0 Å². The van der Waals surface area contributed by atoms with E-state index in [1.807, 2.05) is 13.1 Å². The second-order valence-electron chi connectivity index (χ2n) is 7.47. The quantitative estimate of drug-likeness (QED) is 0.318. The normalized spacial score (nSPS) is 18.7. The smallest absolute Gasteiger partial charge is 0.191 e. The Morgan fingerprint density at radius 3 is 2.63 bits per heavy atom. The van der Waals surface area contributed by atoms with Crippen molar-refractivity contribution in [3.8, 4) is 5.75 Å². The number of nitrogens with zero attached hydrogens (tertiary/aromatic N) is 2. The third-order valence-electron chi connectivity index (χ3n) is 5.45. The largest absolute Gasteiger partial charge is 0.493 e. The molecule has 0 aromatic heterocycles. The first kappa shape index (κ1) is 22.3. The Bertz CT molecular complexity index is 585. The highest BCUT2D eigenvalue weighted by atomic mass is 127. The SMILES string of the molecule is CCC(CNC(=NC)NCc1ccccc1OCC1CC1)N1CCCC1.I. The van der Waals surface area contributed by atoms with Gasteiger partial charge in [0, 0.05) is 31.7 Å². The third-order valence-corrected chi connectivity index (χ3v) is 5.45. The van der Waals surface area contributed by atoms with E-state index in [0.29, 0.717) is 6.04 Å². The molecule has 0 spiro atoms. The fraction of sp³-hybridized carbons (Fsp3) is 0.667. The van der Waals surface area contributed by atoms with Crippen LogP contribution >= 0.6 is 24.0 Å². The molecule has 27 heavy (non-hydrogen) atoms. The standard InChI is InChI=1S/C21H34N4O.HI/c1-3-19(25-12-6-7-13-25)15-24-21(22-2)23-14-18-8-4-5-9-20(18)26-16-17-10-11-17;/h4-5,8-9,17,19H,3,6-7,10-16H2,1-2H3,(H2,22,23,24);1H. The van der Waals surface area contributed by atoms with Crippen LogP contribution in [0.1, 0.15) is 44.6 Å². The maximum atomic E-state index is 6.00. The number of nitrogens with one attached hydrogen (secondary N) is 2. The van der Waals surface area contributed by atoms with Crippen LogP contribution < -0.4 is 15.4 Å². The van der Waals surface area contributed by atoms with E-state index in [9.17, 15) is 0 Å². The van der Waals surface area contributed by atoms with Crippen molar-refractivity contribution in [2.24, 2.45) is 10.9 Å². The third kappa shape index (κ3) is 7.14. The minimum atomic E-state index is 0. The van der Waals surface area contributed by atoms with Crippen molar-refractivity contribution in [1.29, 1.82) is 0 Å². The molecule has 0 amide bonds. The van der Waals surface area contributed by atoms with Gasteiger partial charge in [-0.3, -0.25) is 9.89 Å². The fourth-order valence-electron chi connectivity index (χ4n) is 3.54. The summed E-state index contributed by atoms with van der Waals surface area (Å²) in [6, 6.07) is 8.89. The van der Waals surface area contributed by atoms with E-state index >= 15 is 0 Å². The Kier molecular flexibility index (Phi) is 9.68. The van der Waals surface area contributed by atoms with Gasteiger partial charge in [-0.05, 0) is 57.2 Å². The number of likely N-dealkylation sites (tertiary alicyclic amines) is 1. The number of aliphatic imine (C=N–C) groups is 1. The van der Waals surface area contributed by atoms with Crippen molar-refractivity contribution >= 4 is 29.9 Å². The number of halogens is 1. The Balaban J connectivity index is 0.00000261. The topological polar surface area (TPSA) is 48.9 Å². The first-order chi connectivity index (χ1) is 12.8. The number of hydrogen-bond donors (Lipinski definition) is 2. The fourth-order valence-corrected chi connectivity index (χ4v) is 3.54. The number of hydrogen-bond acceptors (Lipinski definition) is 3. The molecule has 0 bridgehead atoms. The maximum absolute atomic E-state index is 6.00. The molecule has 1 atom stereocenters. The molecule has 152 valence electrons. The van der Waals surface area contributed by atoms with E-state index in [1.54, 1.807) is 0 Å². The maximum Gasteiger partial charge on any atom is 0.191 e. The highest BCUT2D eigenvalue weighted by molar-refractivity contribution is 14.0. The molecule has 2 aliphatic rings. The van der Waals surface area contributed by atoms with Crippen LogP contribution in [0.4, 0.5) is 0 Å². The lowest BCUT2D eigenvalue weighted by atomic mass is 10.2. The van der Waals surface area contributed by atoms with Crippen LogP contribution in [-0.2, 0) is 6.54 Å². The van der Waals surface area contributed by atoms with Crippen LogP contribution in [0, 0.1) is 5.92 Å². The summed E-state index contributed by atoms with van der Waals surface area (Å²) in [5, 5.41) is 6.94. The van der Waals surface area contributed by atoms with Crippen LogP contribution in [0.5, 0.6) is 5.75 Å². The highest BCUT2D eigenvalue weighted by Crippen LogP contribution is 2.30. The Morgan fingerprint density at radius 1 is 1.22 bits per heavy atom. The molecule has 2 fully saturated rings. The summed E-state index contributed by atoms with van der Waals surface area (Å²) in [5.41, 5.74) is 1.18. The van der Waals surface area contributed by atoms with Crippen molar-refractivity contribution < 1.29 is 4.74 Å². The van der Waals surface area contributed by atoms with Crippen LogP contribution in [-0.4, -0.2) is 50.2 Å². The highest BCUT2D eigenvalue weighted by Gasteiger charge is 2.22. The average molecular weight is 486 g/mol. The van der Waals surface area contributed by atoms with Crippen molar-refractivity contribution in [2.45, 2.75) is 51.6 Å². The summed E-state index contributed by atoms with van der Waals surface area (Å²) in [6.45, 7) is 7.25. The number of guanidine groups is 1. The molecule has 1 aromatic carbocycles. The van der Waals surface area contributed by atoms with Gasteiger partial charge in [0.2, 0.25) is 0 Å². The summed E-state index contributed by atoms with van der Waals surface area (Å²) in [7, 11) is 1.83. The predicted octanol–water partition coefficient (Wildman–Crippen LogP) is 3.63. The molecule has 1 aliphatic carbocycles. The second kappa shape index (κ2) is 11.7. The van der Waals surface area contributed by atoms with Crippen LogP contribution in [0.3, 0.4) is 0 Å². The lowest BCUT2D eigenvalue weighted by Crippen LogP contribution is -2.46. The second-order valence-corrected chi connectivity index (χ2v) is 7.47. The van der Waals surface area contributed by atoms with E-state index < -0.39 is 0 Å². The molecular formula is C21H35IN4O. The molecule has 2 N–H and O–H groups in total. The van der Waals surface area contributed by atoms with Crippen LogP contribution in [0.25, 0.3) is 0 Å². The van der Waals surface area contributed by atoms with Gasteiger partial charge in [-0.1, -0.05) is 25.1 Å². The molecule has 1 aliphatic heterocycles. The van der Waals surface area contributed by atoms with E-state index in [2.05, 4.69) is 45.6 Å². The summed E-state index contributed by atoms with van der Waals surface area (Å²) in [4.78, 5) is 6.98. The lowest BCUT2D eigenvalue weighted by molar-refractivity contribution is 0.236. The van der Waals surface area contributed by atoms with Crippen LogP contribution in [0.2, 0.25) is 0 Å². The monoisotopic (exact) mass is 486 g/mol. The minimum Gasteiger partial charge on any atom is -0.493 e. The Morgan fingerprint density at radius 2 is 1.96 bits per heavy atom. The van der Waals surface area contributed by atoms with Gasteiger partial charge in [0.25, 0.3) is 0 Å². The predicted molar refractivity (Wildman–Crippen MR) is 123 cm³/mol. The summed E-state index contributed by atoms with van der Waals surface area (Å²) < 4.78 is 6.00. The number of para-hydroxylation sites is 1. The first-order valence-corrected chi connectivity index (χ1v) is 10.2. The van der Waals surface area contributed by atoms with Crippen molar-refractivity contribution in [2.75, 3.05) is 33.3 Å². The first-order valence-electron chi connectivity index (χ1n) is 10.2. The Labute approximate surface area is 181 Å². The van der Waals surface area contributed by atoms with Gasteiger partial charge in [-0.15, -0.1) is 24.0 Å². The Hall–Kier alpha value is -1.02.